The van der Waals surface area contributed by atoms with Gasteiger partial charge in [0.25, 0.3) is 5.91 Å². The molecule has 172 valence electrons. The lowest BCUT2D eigenvalue weighted by molar-refractivity contribution is -0.136. The van der Waals surface area contributed by atoms with E-state index in [0.717, 1.165) is 20.9 Å². The van der Waals surface area contributed by atoms with Crippen molar-refractivity contribution in [3.8, 4) is 0 Å². The first kappa shape index (κ1) is 23.0. The van der Waals surface area contributed by atoms with Gasteiger partial charge in [0.05, 0.1) is 13.0 Å². The number of hydrogen-bond acceptors (Lipinski definition) is 3. The summed E-state index contributed by atoms with van der Waals surface area (Å²) in [6, 6.07) is 13.9. The van der Waals surface area contributed by atoms with E-state index in [1.54, 1.807) is 0 Å². The van der Waals surface area contributed by atoms with Crippen molar-refractivity contribution < 1.29 is 19.5 Å². The van der Waals surface area contributed by atoms with E-state index in [1.807, 2.05) is 34.9 Å². The van der Waals surface area contributed by atoms with Crippen molar-refractivity contribution in [1.29, 1.82) is 0 Å². The van der Waals surface area contributed by atoms with Crippen LogP contribution in [-0.4, -0.2) is 52.0 Å². The van der Waals surface area contributed by atoms with Gasteiger partial charge in [-0.1, -0.05) is 54.0 Å². The van der Waals surface area contributed by atoms with Crippen molar-refractivity contribution in [2.45, 2.75) is 32.7 Å². The van der Waals surface area contributed by atoms with Gasteiger partial charge in [0.2, 0.25) is 5.91 Å². The highest BCUT2D eigenvalue weighted by Crippen LogP contribution is 2.32. The zero-order valence-corrected chi connectivity index (χ0v) is 20.2. The lowest BCUT2D eigenvalue weighted by Crippen LogP contribution is -2.50. The van der Waals surface area contributed by atoms with Gasteiger partial charge < -0.3 is 19.9 Å². The number of nitrogens with zero attached hydrogens (tertiary/aromatic N) is 2. The molecule has 2 heterocycles. The maximum absolute atomic E-state index is 13.7. The number of amides is 2. The summed E-state index contributed by atoms with van der Waals surface area (Å²) in [5, 5.41) is 13.1. The number of carbonyl (C=O) groups excluding carboxylic acids is 2. The van der Waals surface area contributed by atoms with Crippen molar-refractivity contribution in [1.82, 2.24) is 14.8 Å². The molecule has 8 heteroatoms. The molecule has 0 radical (unpaired) electrons. The Labute approximate surface area is 200 Å². The number of aliphatic carboxylic acids is 1. The van der Waals surface area contributed by atoms with E-state index in [4.69, 9.17) is 0 Å². The SMILES string of the molecule is CC(C)c1ccc(Cn2c(C(=O)N3CCNC(=O)C3)c(CC(=O)O)c3cc(Br)ccc32)cc1. The van der Waals surface area contributed by atoms with E-state index in [1.165, 1.54) is 10.5 Å². The Morgan fingerprint density at radius 2 is 1.88 bits per heavy atom. The molecule has 4 rings (SSSR count). The van der Waals surface area contributed by atoms with Crippen molar-refractivity contribution in [3.63, 3.8) is 0 Å². The van der Waals surface area contributed by atoms with Gasteiger partial charge in [-0.05, 0) is 35.2 Å². The molecule has 2 amide bonds. The third kappa shape index (κ3) is 4.80. The van der Waals surface area contributed by atoms with Crippen molar-refractivity contribution in [2.75, 3.05) is 19.6 Å². The average molecular weight is 512 g/mol. The van der Waals surface area contributed by atoms with Crippen LogP contribution in [0.1, 0.15) is 46.9 Å². The molecule has 0 spiro atoms. The van der Waals surface area contributed by atoms with Crippen LogP contribution in [0.3, 0.4) is 0 Å². The number of halogens is 1. The number of aromatic nitrogens is 1. The van der Waals surface area contributed by atoms with E-state index in [-0.39, 0.29) is 24.8 Å². The number of carboxylic acids is 1. The first-order valence-corrected chi connectivity index (χ1v) is 11.7. The van der Waals surface area contributed by atoms with E-state index >= 15 is 0 Å². The molecule has 0 bridgehead atoms. The number of carbonyl (C=O) groups is 3. The van der Waals surface area contributed by atoms with Crippen LogP contribution < -0.4 is 5.32 Å². The second-order valence-electron chi connectivity index (χ2n) is 8.62. The number of benzene rings is 2. The smallest absolute Gasteiger partial charge is 0.307 e. The Hall–Kier alpha value is -3.13. The third-order valence-electron chi connectivity index (χ3n) is 5.97. The summed E-state index contributed by atoms with van der Waals surface area (Å²) in [5.74, 6) is -1.15. The molecule has 2 aromatic carbocycles. The molecule has 2 N–H and O–H groups in total. The summed E-state index contributed by atoms with van der Waals surface area (Å²) in [4.78, 5) is 38.9. The first-order valence-electron chi connectivity index (χ1n) is 10.9. The minimum absolute atomic E-state index is 0.0420. The zero-order valence-electron chi connectivity index (χ0n) is 18.6. The van der Waals surface area contributed by atoms with Gasteiger partial charge in [-0.2, -0.15) is 0 Å². The highest BCUT2D eigenvalue weighted by molar-refractivity contribution is 9.10. The average Bonchev–Trinajstić information content (AvgIpc) is 3.05. The van der Waals surface area contributed by atoms with Crippen LogP contribution in [0.2, 0.25) is 0 Å². The largest absolute Gasteiger partial charge is 0.481 e. The van der Waals surface area contributed by atoms with Crippen LogP contribution in [-0.2, 0) is 22.6 Å². The monoisotopic (exact) mass is 511 g/mol. The maximum Gasteiger partial charge on any atom is 0.307 e. The Bertz CT molecular complexity index is 1230. The van der Waals surface area contributed by atoms with Crippen molar-refractivity contribution in [3.05, 3.63) is 69.3 Å². The van der Waals surface area contributed by atoms with Crippen LogP contribution in [0.5, 0.6) is 0 Å². The van der Waals surface area contributed by atoms with Gasteiger partial charge in [0.1, 0.15) is 5.69 Å². The number of fused-ring (bicyclic) bond motifs is 1. The fraction of sp³-hybridized carbons (Fsp3) is 0.320. The van der Waals surface area contributed by atoms with Crippen molar-refractivity contribution >= 4 is 44.6 Å². The molecule has 1 aliphatic heterocycles. The molecular weight excluding hydrogens is 486 g/mol. The molecule has 1 aromatic heterocycles. The Kier molecular flexibility index (Phi) is 6.56. The standard InChI is InChI=1S/C25H26BrN3O4/c1-15(2)17-5-3-16(4-6-17)13-29-21-8-7-18(26)11-19(21)20(12-23(31)32)24(29)25(33)28-10-9-27-22(30)14-28/h3-8,11,15H,9-10,12-14H2,1-2H3,(H,27,30)(H,31,32). The fourth-order valence-corrected chi connectivity index (χ4v) is 4.65. The van der Waals surface area contributed by atoms with E-state index in [0.29, 0.717) is 36.8 Å². The molecule has 1 aliphatic rings. The van der Waals surface area contributed by atoms with Gasteiger partial charge in [-0.3, -0.25) is 14.4 Å². The summed E-state index contributed by atoms with van der Waals surface area (Å²) in [6.45, 7) is 5.40. The second-order valence-corrected chi connectivity index (χ2v) is 9.53. The molecule has 33 heavy (non-hydrogen) atoms. The molecule has 0 unspecified atom stereocenters. The van der Waals surface area contributed by atoms with Gasteiger partial charge in [0.15, 0.2) is 0 Å². The molecule has 1 fully saturated rings. The molecule has 7 nitrogen and oxygen atoms in total. The number of piperazine rings is 1. The topological polar surface area (TPSA) is 91.6 Å². The third-order valence-corrected chi connectivity index (χ3v) is 6.47. The van der Waals surface area contributed by atoms with E-state index in [2.05, 4.69) is 47.2 Å². The fourth-order valence-electron chi connectivity index (χ4n) is 4.29. The van der Waals surface area contributed by atoms with Gasteiger partial charge in [0, 0.05) is 40.6 Å². The lowest BCUT2D eigenvalue weighted by atomic mass is 10.0. The number of hydrogen-bond donors (Lipinski definition) is 2. The van der Waals surface area contributed by atoms with E-state index < -0.39 is 5.97 Å². The Morgan fingerprint density at radius 3 is 2.52 bits per heavy atom. The summed E-state index contributed by atoms with van der Waals surface area (Å²) < 4.78 is 2.69. The Morgan fingerprint density at radius 1 is 1.15 bits per heavy atom. The maximum atomic E-state index is 13.7. The van der Waals surface area contributed by atoms with Gasteiger partial charge in [-0.15, -0.1) is 0 Å². The predicted molar refractivity (Wildman–Crippen MR) is 130 cm³/mol. The van der Waals surface area contributed by atoms with Crippen molar-refractivity contribution in [2.24, 2.45) is 0 Å². The predicted octanol–water partition coefficient (Wildman–Crippen LogP) is 3.77. The first-order chi connectivity index (χ1) is 15.7. The van der Waals surface area contributed by atoms with E-state index in [9.17, 15) is 19.5 Å². The molecule has 3 aromatic rings. The molecule has 1 saturated heterocycles. The summed E-state index contributed by atoms with van der Waals surface area (Å²) in [5.41, 5.74) is 3.81. The normalized spacial score (nSPS) is 14.1. The van der Waals surface area contributed by atoms with Crippen LogP contribution in [0, 0.1) is 0 Å². The van der Waals surface area contributed by atoms with Gasteiger partial charge >= 0.3 is 5.97 Å². The molecule has 0 aliphatic carbocycles. The second kappa shape index (κ2) is 9.39. The number of rotatable bonds is 6. The van der Waals surface area contributed by atoms with Crippen LogP contribution in [0.15, 0.2) is 46.9 Å². The molecular formula is C25H26BrN3O4. The highest BCUT2D eigenvalue weighted by atomic mass is 79.9. The number of carboxylic acid groups (broad SMARTS) is 1. The minimum atomic E-state index is -1.01. The van der Waals surface area contributed by atoms with Crippen LogP contribution in [0.4, 0.5) is 0 Å². The minimum Gasteiger partial charge on any atom is -0.481 e. The quantitative estimate of drug-likeness (QED) is 0.526. The summed E-state index contributed by atoms with van der Waals surface area (Å²) in [7, 11) is 0. The van der Waals surface area contributed by atoms with Crippen LogP contribution in [0.25, 0.3) is 10.9 Å². The summed E-state index contributed by atoms with van der Waals surface area (Å²) in [6.07, 6.45) is -0.284. The Balaban J connectivity index is 1.87. The zero-order chi connectivity index (χ0) is 23.7. The molecule has 0 saturated carbocycles. The number of nitrogens with one attached hydrogen (secondary N) is 1. The summed E-state index contributed by atoms with van der Waals surface area (Å²) >= 11 is 3.47. The lowest BCUT2D eigenvalue weighted by Gasteiger charge is -2.27. The molecule has 0 atom stereocenters. The van der Waals surface area contributed by atoms with Crippen LogP contribution >= 0.6 is 15.9 Å². The van der Waals surface area contributed by atoms with Gasteiger partial charge in [-0.25, -0.2) is 0 Å². The highest BCUT2D eigenvalue weighted by Gasteiger charge is 2.30.